The fourth-order valence-electron chi connectivity index (χ4n) is 5.41. The lowest BCUT2D eigenvalue weighted by Gasteiger charge is -2.08. The van der Waals surface area contributed by atoms with Crippen molar-refractivity contribution in [3.63, 3.8) is 0 Å². The average Bonchev–Trinajstić information content (AvgIpc) is 3.99. The van der Waals surface area contributed by atoms with Crippen molar-refractivity contribution < 1.29 is 36.1 Å². The number of carbonyl (C=O) groups excluding carboxylic acids is 2. The summed E-state index contributed by atoms with van der Waals surface area (Å²) in [5.74, 6) is 1.27. The highest BCUT2D eigenvalue weighted by Crippen LogP contribution is 2.33. The largest absolute Gasteiger partial charge is 0.395 e. The monoisotopic (exact) mass is 892 g/mol. The Morgan fingerprint density at radius 3 is 1.92 bits per heavy atom. The first kappa shape index (κ1) is 45.4. The molecular weight excluding hydrogens is 849 g/mol. The molecule has 3 amide bonds. The second-order valence-corrected chi connectivity index (χ2v) is 18.8. The van der Waals surface area contributed by atoms with Gasteiger partial charge in [-0.15, -0.1) is 0 Å². The Kier molecular flexibility index (Phi) is 15.6. The molecule has 0 saturated heterocycles. The van der Waals surface area contributed by atoms with Gasteiger partial charge in [0.05, 0.1) is 36.8 Å². The molecule has 0 saturated carbocycles. The number of nitrogens with zero attached hydrogens (tertiary/aromatic N) is 4. The molecule has 0 atom stereocenters. The Bertz CT molecular complexity index is 2800. The van der Waals surface area contributed by atoms with Crippen LogP contribution in [0.2, 0.25) is 0 Å². The van der Waals surface area contributed by atoms with Crippen LogP contribution < -0.4 is 20.7 Å². The molecule has 4 aromatic carbocycles. The fourth-order valence-corrected chi connectivity index (χ4v) is 8.91. The van der Waals surface area contributed by atoms with Crippen LogP contribution in [0, 0.1) is 0 Å². The topological polar surface area (TPSA) is 235 Å². The van der Waals surface area contributed by atoms with E-state index in [1.165, 1.54) is 35.0 Å². The molecule has 0 fully saturated rings. The van der Waals surface area contributed by atoms with Gasteiger partial charge >= 0.3 is 6.03 Å². The molecule has 0 aliphatic rings. The Morgan fingerprint density at radius 2 is 1.35 bits per heavy atom. The minimum absolute atomic E-state index is 0.0568. The van der Waals surface area contributed by atoms with Crippen LogP contribution >= 0.6 is 22.7 Å². The van der Waals surface area contributed by atoms with E-state index >= 15 is 0 Å². The first-order valence-electron chi connectivity index (χ1n) is 18.6. The number of urea groups is 1. The van der Waals surface area contributed by atoms with E-state index < -0.39 is 25.9 Å². The Balaban J connectivity index is 0.000000243. The second-order valence-electron chi connectivity index (χ2n) is 12.9. The Labute approximate surface area is 355 Å². The zero-order chi connectivity index (χ0) is 43.5. The van der Waals surface area contributed by atoms with Crippen LogP contribution in [0.3, 0.4) is 0 Å². The molecule has 316 valence electrons. The molecule has 5 N–H and O–H groups in total. The van der Waals surface area contributed by atoms with Gasteiger partial charge in [0.25, 0.3) is 0 Å². The number of thiazole rings is 2. The van der Waals surface area contributed by atoms with Gasteiger partial charge in [-0.05, 0) is 70.8 Å². The summed E-state index contributed by atoms with van der Waals surface area (Å²) in [5, 5.41) is 21.8. The van der Waals surface area contributed by atoms with Gasteiger partial charge in [0.1, 0.15) is 0 Å². The summed E-state index contributed by atoms with van der Waals surface area (Å²) < 4.78 is 57.4. The van der Waals surface area contributed by atoms with Gasteiger partial charge in [-0.3, -0.25) is 10.1 Å². The number of aliphatic hydroxyl groups is 1. The number of nitrogens with one attached hydrogen (secondary N) is 4. The van der Waals surface area contributed by atoms with E-state index in [4.69, 9.17) is 9.63 Å². The summed E-state index contributed by atoms with van der Waals surface area (Å²) in [7, 11) is -6.96. The number of fused-ring (bicyclic) bond motifs is 2. The minimum atomic E-state index is -3.72. The third-order valence-corrected chi connectivity index (χ3v) is 12.7. The minimum Gasteiger partial charge on any atom is -0.395 e. The molecule has 20 heteroatoms. The van der Waals surface area contributed by atoms with Crippen molar-refractivity contribution in [1.29, 1.82) is 0 Å². The molecule has 0 aliphatic heterocycles. The molecule has 0 aliphatic carbocycles. The molecule has 0 radical (unpaired) electrons. The van der Waals surface area contributed by atoms with Crippen molar-refractivity contribution in [1.82, 2.24) is 30.1 Å². The highest BCUT2D eigenvalue weighted by Gasteiger charge is 2.16. The molecule has 60 heavy (non-hydrogen) atoms. The Morgan fingerprint density at radius 1 is 0.783 bits per heavy atom. The number of sulfonamides is 1. The molecule has 3 heterocycles. The first-order valence-corrected chi connectivity index (χ1v) is 23.6. The van der Waals surface area contributed by atoms with Gasteiger partial charge in [0, 0.05) is 31.7 Å². The number of benzene rings is 4. The van der Waals surface area contributed by atoms with Crippen LogP contribution in [0.5, 0.6) is 0 Å². The smallest absolute Gasteiger partial charge is 0.321 e. The third kappa shape index (κ3) is 12.0. The molecule has 0 bridgehead atoms. The van der Waals surface area contributed by atoms with Gasteiger partial charge in [-0.25, -0.2) is 36.3 Å². The van der Waals surface area contributed by atoms with E-state index in [9.17, 15) is 26.4 Å². The molecule has 0 spiro atoms. The molecule has 3 aromatic heterocycles. The molecule has 7 rings (SSSR count). The number of hydrogen-bond donors (Lipinski definition) is 5. The summed E-state index contributed by atoms with van der Waals surface area (Å²) >= 11 is 2.68. The van der Waals surface area contributed by atoms with Gasteiger partial charge < -0.3 is 20.3 Å². The first-order chi connectivity index (χ1) is 28.7. The van der Waals surface area contributed by atoms with Crippen molar-refractivity contribution in [3.05, 3.63) is 96.6 Å². The predicted molar refractivity (Wildman–Crippen MR) is 236 cm³/mol. The molecule has 16 nitrogen and oxygen atoms in total. The number of anilines is 2. The highest BCUT2D eigenvalue weighted by atomic mass is 32.2. The fraction of sp³-hybridized carbons (Fsp3) is 0.250. The third-order valence-electron chi connectivity index (χ3n) is 8.28. The lowest BCUT2D eigenvalue weighted by atomic mass is 10.1. The van der Waals surface area contributed by atoms with Crippen LogP contribution in [-0.2, 0) is 31.1 Å². The van der Waals surface area contributed by atoms with Gasteiger partial charge in [0.15, 0.2) is 25.9 Å². The lowest BCUT2D eigenvalue weighted by molar-refractivity contribution is -0.105. The summed E-state index contributed by atoms with van der Waals surface area (Å²) in [6, 6.07) is 24.2. The number of carbonyl (C=O) groups is 2. The van der Waals surface area contributed by atoms with E-state index in [-0.39, 0.29) is 28.9 Å². The standard InChI is InChI=1S/C23H26N6O5S2.C15H12N2O3S2.C2H6/c1-14(2)21-27-20(34-29-21)8-9-24-22(31)28-23-26-18-7-6-16(13-19(18)35-23)15-4-3-5-17(12-15)36(32,33)25-10-11-30;1-22(19,20)12-4-2-3-10(7-12)11-5-6-13-14(8-11)21-15(17-13)16-9-18;1-2/h3-7,12-14,25,30H,8-11H2,1-2H3,(H2,24,26,28,31);2-9H,1H3,(H,16,17,18);1-2H3. The maximum Gasteiger partial charge on any atom is 0.321 e. The van der Waals surface area contributed by atoms with Crippen molar-refractivity contribution in [2.24, 2.45) is 0 Å². The zero-order valence-electron chi connectivity index (χ0n) is 33.3. The summed E-state index contributed by atoms with van der Waals surface area (Å²) in [6.07, 6.45) is 2.20. The summed E-state index contributed by atoms with van der Waals surface area (Å²) in [5.41, 5.74) is 4.74. The molecule has 7 aromatic rings. The van der Waals surface area contributed by atoms with Crippen LogP contribution in [-0.4, -0.2) is 80.4 Å². The van der Waals surface area contributed by atoms with Crippen LogP contribution in [0.1, 0.15) is 45.3 Å². The van der Waals surface area contributed by atoms with Crippen molar-refractivity contribution in [2.45, 2.75) is 49.8 Å². The lowest BCUT2D eigenvalue weighted by Crippen LogP contribution is -2.30. The quantitative estimate of drug-likeness (QED) is 0.0690. The maximum absolute atomic E-state index is 12.4. The highest BCUT2D eigenvalue weighted by molar-refractivity contribution is 7.90. The SMILES string of the molecule is CC.CC(C)c1noc(CCNC(=O)Nc2nc3ccc(-c4cccc(S(=O)(=O)NCCO)c4)cc3s2)n1.CS(=O)(=O)c1cccc(-c2ccc3nc(NC=O)sc3c2)c1. The molecule has 0 unspecified atom stereocenters. The van der Waals surface area contributed by atoms with E-state index in [1.807, 2.05) is 76.2 Å². The predicted octanol–water partition coefficient (Wildman–Crippen LogP) is 7.07. The number of rotatable bonds is 14. The maximum atomic E-state index is 12.4. The number of aliphatic hydroxyl groups excluding tert-OH is 1. The van der Waals surface area contributed by atoms with E-state index in [0.29, 0.717) is 52.4 Å². The van der Waals surface area contributed by atoms with Crippen molar-refractivity contribution in [2.75, 3.05) is 36.6 Å². The van der Waals surface area contributed by atoms with E-state index in [0.717, 1.165) is 31.6 Å². The number of amides is 3. The van der Waals surface area contributed by atoms with Crippen molar-refractivity contribution in [3.8, 4) is 22.3 Å². The number of sulfone groups is 1. The summed E-state index contributed by atoms with van der Waals surface area (Å²) in [6.45, 7) is 7.93. The normalized spacial score (nSPS) is 11.4. The molecular formula is C40H44N8O8S4. The number of hydrogen-bond acceptors (Lipinski definition) is 14. The van der Waals surface area contributed by atoms with Crippen molar-refractivity contribution >= 4 is 85.7 Å². The van der Waals surface area contributed by atoms with Gasteiger partial charge in [0.2, 0.25) is 22.3 Å². The van der Waals surface area contributed by atoms with Crippen LogP contribution in [0.15, 0.2) is 99.2 Å². The Hall–Kier alpha value is -5.64. The average molecular weight is 893 g/mol. The van der Waals surface area contributed by atoms with Gasteiger partial charge in [-0.2, -0.15) is 4.98 Å². The van der Waals surface area contributed by atoms with E-state index in [1.54, 1.807) is 30.3 Å². The summed E-state index contributed by atoms with van der Waals surface area (Å²) in [4.78, 5) is 36.2. The van der Waals surface area contributed by atoms with E-state index in [2.05, 4.69) is 40.8 Å². The van der Waals surface area contributed by atoms with Crippen LogP contribution in [0.4, 0.5) is 15.1 Å². The zero-order valence-corrected chi connectivity index (χ0v) is 36.6. The number of aromatic nitrogens is 4. The van der Waals surface area contributed by atoms with Gasteiger partial charge in [-0.1, -0.05) is 91.9 Å². The second kappa shape index (κ2) is 20.6. The van der Waals surface area contributed by atoms with Crippen LogP contribution in [0.25, 0.3) is 42.7 Å².